The molecule has 1 aliphatic carbocycles. The molecule has 0 spiro atoms. The topological polar surface area (TPSA) is 3.24 Å². The van der Waals surface area contributed by atoms with Crippen LogP contribution in [-0.2, 0) is 5.41 Å². The van der Waals surface area contributed by atoms with Gasteiger partial charge in [0.2, 0.25) is 0 Å². The molecule has 0 fully saturated rings. The maximum absolute atomic E-state index is 2.45. The third-order valence-corrected chi connectivity index (χ3v) is 11.4. The second-order valence-electron chi connectivity index (χ2n) is 15.1. The summed E-state index contributed by atoms with van der Waals surface area (Å²) >= 11 is 0. The maximum atomic E-state index is 2.45. The van der Waals surface area contributed by atoms with Gasteiger partial charge in [-0.05, 0) is 123 Å². The number of nitrogens with zero attached hydrogens (tertiary/aromatic N) is 1. The third-order valence-electron chi connectivity index (χ3n) is 11.4. The summed E-state index contributed by atoms with van der Waals surface area (Å²) in [7, 11) is 0. The molecule has 0 aliphatic heterocycles. The van der Waals surface area contributed by atoms with Crippen LogP contribution in [0.5, 0.6) is 0 Å². The fourth-order valence-corrected chi connectivity index (χ4v) is 8.45. The van der Waals surface area contributed by atoms with Crippen LogP contribution in [-0.4, -0.2) is 0 Å². The van der Waals surface area contributed by atoms with E-state index < -0.39 is 0 Å². The minimum absolute atomic E-state index is 0.185. The molecule has 260 valence electrons. The van der Waals surface area contributed by atoms with E-state index in [0.29, 0.717) is 0 Å². The largest absolute Gasteiger partial charge is 0.310 e. The number of rotatable bonds is 7. The minimum atomic E-state index is -0.185. The first-order chi connectivity index (χ1) is 26.4. The summed E-state index contributed by atoms with van der Waals surface area (Å²) < 4.78 is 0. The second-order valence-corrected chi connectivity index (χ2v) is 15.1. The Morgan fingerprint density at radius 2 is 0.796 bits per heavy atom. The first-order valence-electron chi connectivity index (χ1n) is 18.9. The highest BCUT2D eigenvalue weighted by molar-refractivity contribution is 5.92. The summed E-state index contributed by atoms with van der Waals surface area (Å²) in [4.78, 5) is 2.45. The van der Waals surface area contributed by atoms with Crippen LogP contribution in [0.1, 0.15) is 36.1 Å². The Labute approximate surface area is 319 Å². The van der Waals surface area contributed by atoms with Gasteiger partial charge in [-0.3, -0.25) is 0 Å². The van der Waals surface area contributed by atoms with Gasteiger partial charge in [0, 0.05) is 22.4 Å². The van der Waals surface area contributed by atoms with Gasteiger partial charge in [-0.15, -0.1) is 0 Å². The molecule has 0 unspecified atom stereocenters. The quantitative estimate of drug-likeness (QED) is 0.161. The summed E-state index contributed by atoms with van der Waals surface area (Å²) in [6.45, 7) is 9.20. The van der Waals surface area contributed by atoms with E-state index in [9.17, 15) is 0 Å². The second kappa shape index (κ2) is 13.5. The van der Waals surface area contributed by atoms with Crippen molar-refractivity contribution in [2.24, 2.45) is 0 Å². The van der Waals surface area contributed by atoms with Crippen LogP contribution in [0, 0.1) is 13.8 Å². The molecule has 0 N–H and O–H groups in total. The van der Waals surface area contributed by atoms with E-state index in [-0.39, 0.29) is 5.41 Å². The number of fused-ring (bicyclic) bond motifs is 3. The van der Waals surface area contributed by atoms with Crippen molar-refractivity contribution >= 4 is 17.1 Å². The predicted molar refractivity (Wildman–Crippen MR) is 230 cm³/mol. The lowest BCUT2D eigenvalue weighted by Crippen LogP contribution is -2.17. The highest BCUT2D eigenvalue weighted by Crippen LogP contribution is 2.52. The Morgan fingerprint density at radius 3 is 1.46 bits per heavy atom. The Hall–Kier alpha value is -6.44. The van der Waals surface area contributed by atoms with Gasteiger partial charge in [-0.25, -0.2) is 0 Å². The summed E-state index contributed by atoms with van der Waals surface area (Å²) in [5.41, 5.74) is 21.0. The van der Waals surface area contributed by atoms with E-state index in [4.69, 9.17) is 0 Å². The molecular formula is C53H43N. The molecule has 8 aromatic carbocycles. The molecule has 8 aromatic rings. The Bertz CT molecular complexity index is 2630. The van der Waals surface area contributed by atoms with Crippen LogP contribution >= 0.6 is 0 Å². The molecule has 1 heteroatoms. The molecule has 0 heterocycles. The predicted octanol–water partition coefficient (Wildman–Crippen LogP) is 14.7. The molecule has 0 saturated heterocycles. The van der Waals surface area contributed by atoms with Crippen LogP contribution in [0.25, 0.3) is 55.6 Å². The Balaban J connectivity index is 1.14. The zero-order valence-corrected chi connectivity index (χ0v) is 31.3. The summed E-state index contributed by atoms with van der Waals surface area (Å²) in [6, 6.07) is 68.9. The molecule has 54 heavy (non-hydrogen) atoms. The Kier molecular flexibility index (Phi) is 8.36. The number of benzene rings is 8. The molecule has 0 atom stereocenters. The van der Waals surface area contributed by atoms with E-state index in [1.807, 2.05) is 0 Å². The molecule has 0 amide bonds. The lowest BCUT2D eigenvalue weighted by molar-refractivity contribution is 0.660. The van der Waals surface area contributed by atoms with E-state index in [1.54, 1.807) is 0 Å². The number of hydrogen-bond donors (Lipinski definition) is 0. The number of anilines is 3. The fraction of sp³-hybridized carbons (Fsp3) is 0.0943. The summed E-state index contributed by atoms with van der Waals surface area (Å²) in [5, 5.41) is 0. The SMILES string of the molecule is Cc1ccccc1-c1ccc(N(c2ccc3c(c2)C(C)(C)c2cc(-c4ccc(-c5ccccc5)cc4)ccc2-3)c2ccccc2-c2ccccc2)cc1C. The molecular weight excluding hydrogens is 651 g/mol. The lowest BCUT2D eigenvalue weighted by atomic mass is 9.81. The van der Waals surface area contributed by atoms with Crippen molar-refractivity contribution in [3.63, 3.8) is 0 Å². The fourth-order valence-electron chi connectivity index (χ4n) is 8.45. The van der Waals surface area contributed by atoms with Crippen molar-refractivity contribution < 1.29 is 0 Å². The number of aryl methyl sites for hydroxylation is 2. The van der Waals surface area contributed by atoms with Gasteiger partial charge in [0.1, 0.15) is 0 Å². The van der Waals surface area contributed by atoms with E-state index in [1.165, 1.54) is 77.9 Å². The normalized spacial score (nSPS) is 12.6. The smallest absolute Gasteiger partial charge is 0.0540 e. The average Bonchev–Trinajstić information content (AvgIpc) is 3.44. The van der Waals surface area contributed by atoms with Gasteiger partial charge in [0.15, 0.2) is 0 Å². The van der Waals surface area contributed by atoms with E-state index >= 15 is 0 Å². The van der Waals surface area contributed by atoms with Crippen LogP contribution < -0.4 is 4.90 Å². The van der Waals surface area contributed by atoms with Crippen LogP contribution in [0.2, 0.25) is 0 Å². The van der Waals surface area contributed by atoms with Crippen molar-refractivity contribution in [3.05, 3.63) is 210 Å². The van der Waals surface area contributed by atoms with E-state index in [2.05, 4.69) is 221 Å². The van der Waals surface area contributed by atoms with Crippen LogP contribution in [0.3, 0.4) is 0 Å². The lowest BCUT2D eigenvalue weighted by Gasteiger charge is -2.30. The standard InChI is InChI=1S/C53H43N/c1-36-15-11-12-20-45(36)46-31-28-43(33-37(46)2)54(52-22-14-13-21-47(52)41-18-9-6-10-19-41)44-29-32-49-48-30-27-42(34-50(48)53(3,4)51(49)35-44)40-25-23-39(24-26-40)38-16-7-5-8-17-38/h5-35H,1-4H3. The summed E-state index contributed by atoms with van der Waals surface area (Å²) in [6.07, 6.45) is 0. The Morgan fingerprint density at radius 1 is 0.333 bits per heavy atom. The van der Waals surface area contributed by atoms with Crippen molar-refractivity contribution in [1.82, 2.24) is 0 Å². The first-order valence-corrected chi connectivity index (χ1v) is 18.9. The monoisotopic (exact) mass is 693 g/mol. The minimum Gasteiger partial charge on any atom is -0.310 e. The molecule has 1 aliphatic rings. The van der Waals surface area contributed by atoms with E-state index in [0.717, 1.165) is 17.1 Å². The van der Waals surface area contributed by atoms with Crippen molar-refractivity contribution in [2.45, 2.75) is 33.1 Å². The average molecular weight is 694 g/mol. The molecule has 0 aromatic heterocycles. The molecule has 1 nitrogen and oxygen atoms in total. The maximum Gasteiger partial charge on any atom is 0.0540 e. The number of hydrogen-bond acceptors (Lipinski definition) is 1. The summed E-state index contributed by atoms with van der Waals surface area (Å²) in [5.74, 6) is 0. The van der Waals surface area contributed by atoms with Gasteiger partial charge in [-0.1, -0.05) is 166 Å². The first kappa shape index (κ1) is 33.4. The highest BCUT2D eigenvalue weighted by Gasteiger charge is 2.36. The van der Waals surface area contributed by atoms with Gasteiger partial charge in [0.25, 0.3) is 0 Å². The highest BCUT2D eigenvalue weighted by atomic mass is 15.1. The van der Waals surface area contributed by atoms with Crippen LogP contribution in [0.4, 0.5) is 17.1 Å². The third kappa shape index (κ3) is 5.83. The molecule has 0 bridgehead atoms. The molecule has 0 radical (unpaired) electrons. The molecule has 9 rings (SSSR count). The van der Waals surface area contributed by atoms with Crippen molar-refractivity contribution in [1.29, 1.82) is 0 Å². The van der Waals surface area contributed by atoms with Gasteiger partial charge in [-0.2, -0.15) is 0 Å². The zero-order valence-electron chi connectivity index (χ0n) is 31.3. The molecule has 0 saturated carbocycles. The van der Waals surface area contributed by atoms with Crippen molar-refractivity contribution in [2.75, 3.05) is 4.90 Å². The van der Waals surface area contributed by atoms with Gasteiger partial charge < -0.3 is 4.90 Å². The van der Waals surface area contributed by atoms with Crippen molar-refractivity contribution in [3.8, 4) is 55.6 Å². The zero-order chi connectivity index (χ0) is 36.8. The van der Waals surface area contributed by atoms with Gasteiger partial charge in [0.05, 0.1) is 5.69 Å². The van der Waals surface area contributed by atoms with Crippen LogP contribution in [0.15, 0.2) is 188 Å². The number of para-hydroxylation sites is 1. The van der Waals surface area contributed by atoms with Gasteiger partial charge >= 0.3 is 0 Å².